The van der Waals surface area contributed by atoms with Crippen molar-refractivity contribution in [2.24, 2.45) is 0 Å². The molecule has 0 atom stereocenters. The highest BCUT2D eigenvalue weighted by molar-refractivity contribution is 5.26. The zero-order valence-corrected chi connectivity index (χ0v) is 10.2. The highest BCUT2D eigenvalue weighted by Gasteiger charge is 2.31. The molecule has 16 heavy (non-hydrogen) atoms. The molecule has 0 amide bonds. The third-order valence-corrected chi connectivity index (χ3v) is 3.18. The molecule has 5 nitrogen and oxygen atoms in total. The first-order chi connectivity index (χ1) is 7.64. The molecule has 0 saturated carbocycles. The van der Waals surface area contributed by atoms with Gasteiger partial charge in [-0.2, -0.15) is 9.97 Å². The van der Waals surface area contributed by atoms with Gasteiger partial charge in [-0.1, -0.05) is 0 Å². The van der Waals surface area contributed by atoms with Gasteiger partial charge in [-0.15, -0.1) is 4.98 Å². The van der Waals surface area contributed by atoms with E-state index >= 15 is 0 Å². The predicted molar refractivity (Wildman–Crippen MR) is 62.4 cm³/mol. The van der Waals surface area contributed by atoms with Gasteiger partial charge >= 0.3 is 12.0 Å². The fourth-order valence-corrected chi connectivity index (χ4v) is 2.19. The second-order valence-corrected chi connectivity index (χ2v) is 4.57. The summed E-state index contributed by atoms with van der Waals surface area (Å²) in [4.78, 5) is 12.9. The van der Waals surface area contributed by atoms with Crippen LogP contribution in [0.2, 0.25) is 0 Å². The Labute approximate surface area is 96.1 Å². The summed E-state index contributed by atoms with van der Waals surface area (Å²) >= 11 is 0. The summed E-state index contributed by atoms with van der Waals surface area (Å²) in [5, 5.41) is 0. The number of piperidine rings is 1. The lowest BCUT2D eigenvalue weighted by molar-refractivity contribution is 0.256. The normalized spacial score (nSPS) is 19.4. The van der Waals surface area contributed by atoms with Crippen molar-refractivity contribution in [2.45, 2.75) is 26.2 Å². The van der Waals surface area contributed by atoms with Gasteiger partial charge in [0.15, 0.2) is 0 Å². The van der Waals surface area contributed by atoms with E-state index in [2.05, 4.69) is 22.0 Å². The highest BCUT2D eigenvalue weighted by Crippen LogP contribution is 2.23. The number of ether oxygens (including phenoxy) is 1. The van der Waals surface area contributed by atoms with Crippen LogP contribution in [0.25, 0.3) is 0 Å². The van der Waals surface area contributed by atoms with E-state index in [0.29, 0.717) is 6.01 Å². The zero-order valence-electron chi connectivity index (χ0n) is 10.2. The minimum atomic E-state index is 0.424. The summed E-state index contributed by atoms with van der Waals surface area (Å²) in [5.41, 5.74) is 0. The molecule has 0 aliphatic carbocycles. The van der Waals surface area contributed by atoms with E-state index in [1.54, 1.807) is 7.11 Å². The molecule has 2 heterocycles. The second kappa shape index (κ2) is 4.33. The van der Waals surface area contributed by atoms with E-state index in [-0.39, 0.29) is 0 Å². The molecule has 1 aromatic heterocycles. The minimum Gasteiger partial charge on any atom is -0.467 e. The van der Waals surface area contributed by atoms with Crippen LogP contribution in [-0.4, -0.2) is 42.2 Å². The monoisotopic (exact) mass is 223 g/mol. The molecule has 1 aliphatic rings. The van der Waals surface area contributed by atoms with Crippen molar-refractivity contribution in [1.29, 1.82) is 0 Å². The maximum Gasteiger partial charge on any atom is 0.335 e. The lowest BCUT2D eigenvalue weighted by Gasteiger charge is -2.34. The quantitative estimate of drug-likeness (QED) is 0.709. The van der Waals surface area contributed by atoms with Crippen LogP contribution in [0.3, 0.4) is 0 Å². The van der Waals surface area contributed by atoms with Crippen molar-refractivity contribution in [3.8, 4) is 6.01 Å². The summed E-state index contributed by atoms with van der Waals surface area (Å²) in [6.45, 7) is 4.09. The van der Waals surface area contributed by atoms with E-state index in [4.69, 9.17) is 4.74 Å². The Bertz CT molecular complexity index is 374. The maximum absolute atomic E-state index is 5.10. The highest BCUT2D eigenvalue weighted by atomic mass is 16.5. The number of quaternary nitrogens is 1. The number of hydrogen-bond donors (Lipinski definition) is 0. The Morgan fingerprint density at radius 2 is 1.75 bits per heavy atom. The molecule has 0 spiro atoms. The van der Waals surface area contributed by atoms with Crippen LogP contribution < -0.4 is 9.22 Å². The molecule has 5 heteroatoms. The topological polar surface area (TPSA) is 47.9 Å². The predicted octanol–water partition coefficient (Wildman–Crippen LogP) is 1.31. The minimum absolute atomic E-state index is 0.424. The summed E-state index contributed by atoms with van der Waals surface area (Å²) in [5.74, 6) is 1.57. The SMILES string of the molecule is COc1nc(C)nc([N+]2(C)CCCCC2)n1. The molecule has 0 radical (unpaired) electrons. The fourth-order valence-electron chi connectivity index (χ4n) is 2.19. The van der Waals surface area contributed by atoms with E-state index in [1.807, 2.05) is 6.92 Å². The van der Waals surface area contributed by atoms with Gasteiger partial charge in [-0.05, 0) is 26.2 Å². The summed E-state index contributed by atoms with van der Waals surface area (Å²) < 4.78 is 5.90. The van der Waals surface area contributed by atoms with Crippen LogP contribution in [0, 0.1) is 6.92 Å². The van der Waals surface area contributed by atoms with Crippen LogP contribution in [0.4, 0.5) is 5.95 Å². The van der Waals surface area contributed by atoms with Gasteiger partial charge in [0.1, 0.15) is 5.82 Å². The van der Waals surface area contributed by atoms with E-state index in [1.165, 1.54) is 19.3 Å². The van der Waals surface area contributed by atoms with Crippen LogP contribution in [0.15, 0.2) is 0 Å². The molecule has 0 N–H and O–H groups in total. The van der Waals surface area contributed by atoms with Gasteiger partial charge in [0.05, 0.1) is 27.2 Å². The lowest BCUT2D eigenvalue weighted by atomic mass is 10.1. The first-order valence-electron chi connectivity index (χ1n) is 5.76. The third kappa shape index (κ3) is 2.14. The van der Waals surface area contributed by atoms with Crippen molar-refractivity contribution in [2.75, 3.05) is 27.2 Å². The number of rotatable bonds is 2. The number of aromatic nitrogens is 3. The van der Waals surface area contributed by atoms with Gasteiger partial charge < -0.3 is 4.74 Å². The molecule has 2 rings (SSSR count). The summed E-state index contributed by atoms with van der Waals surface area (Å²) in [6.07, 6.45) is 3.79. The van der Waals surface area contributed by atoms with Crippen LogP contribution in [0.1, 0.15) is 25.1 Å². The van der Waals surface area contributed by atoms with Crippen LogP contribution in [0.5, 0.6) is 6.01 Å². The molecular weight excluding hydrogens is 204 g/mol. The van der Waals surface area contributed by atoms with E-state index in [0.717, 1.165) is 29.3 Å². The molecule has 0 aromatic carbocycles. The number of methoxy groups -OCH3 is 1. The van der Waals surface area contributed by atoms with Gasteiger partial charge in [0, 0.05) is 0 Å². The number of nitrogens with zero attached hydrogens (tertiary/aromatic N) is 4. The van der Waals surface area contributed by atoms with E-state index < -0.39 is 0 Å². The molecule has 1 aliphatic heterocycles. The number of likely N-dealkylation sites (tertiary alicyclic amines) is 1. The average molecular weight is 223 g/mol. The van der Waals surface area contributed by atoms with Crippen LogP contribution >= 0.6 is 0 Å². The molecule has 0 bridgehead atoms. The molecule has 1 fully saturated rings. The molecule has 1 saturated heterocycles. The Morgan fingerprint density at radius 1 is 1.06 bits per heavy atom. The van der Waals surface area contributed by atoms with Crippen LogP contribution in [-0.2, 0) is 0 Å². The smallest absolute Gasteiger partial charge is 0.335 e. The standard InChI is InChI=1S/C11H19N4O/c1-9-12-10(14-11(13-9)16-3)15(2)7-5-4-6-8-15/h4-8H2,1-3H3/q+1. The first-order valence-corrected chi connectivity index (χ1v) is 5.76. The lowest BCUT2D eigenvalue weighted by Crippen LogP contribution is -2.50. The van der Waals surface area contributed by atoms with Crippen molar-refractivity contribution >= 4 is 5.95 Å². The molecule has 0 unspecified atom stereocenters. The largest absolute Gasteiger partial charge is 0.467 e. The Morgan fingerprint density at radius 3 is 2.38 bits per heavy atom. The van der Waals surface area contributed by atoms with Crippen molar-refractivity contribution in [3.05, 3.63) is 5.82 Å². The molecular formula is C11H19N4O+. The molecule has 1 aromatic rings. The second-order valence-electron chi connectivity index (χ2n) is 4.57. The Balaban J connectivity index is 2.34. The Hall–Kier alpha value is -1.23. The van der Waals surface area contributed by atoms with Gasteiger partial charge in [-0.3, -0.25) is 4.48 Å². The number of hydrogen-bond acceptors (Lipinski definition) is 4. The zero-order chi connectivity index (χ0) is 11.6. The Kier molecular flexibility index (Phi) is 3.05. The van der Waals surface area contributed by atoms with Gasteiger partial charge in [0.25, 0.3) is 0 Å². The third-order valence-electron chi connectivity index (χ3n) is 3.18. The van der Waals surface area contributed by atoms with Crippen molar-refractivity contribution in [3.63, 3.8) is 0 Å². The summed E-state index contributed by atoms with van der Waals surface area (Å²) in [6, 6.07) is 0.424. The maximum atomic E-state index is 5.10. The number of aryl methyl sites for hydroxylation is 1. The van der Waals surface area contributed by atoms with Crippen molar-refractivity contribution in [1.82, 2.24) is 19.4 Å². The van der Waals surface area contributed by atoms with E-state index in [9.17, 15) is 0 Å². The fraction of sp³-hybridized carbons (Fsp3) is 0.727. The summed E-state index contributed by atoms with van der Waals surface area (Å²) in [7, 11) is 3.78. The molecule has 88 valence electrons. The van der Waals surface area contributed by atoms with Gasteiger partial charge in [-0.25, -0.2) is 0 Å². The first kappa shape index (κ1) is 11.3. The average Bonchev–Trinajstić information content (AvgIpc) is 2.29. The van der Waals surface area contributed by atoms with Crippen molar-refractivity contribution < 1.29 is 4.74 Å². The van der Waals surface area contributed by atoms with Gasteiger partial charge in [0.2, 0.25) is 0 Å².